The van der Waals surface area contributed by atoms with Crippen LogP contribution in [-0.2, 0) is 6.18 Å². The number of hydrogen-bond donors (Lipinski definition) is 1. The van der Waals surface area contributed by atoms with Gasteiger partial charge in [0.2, 0.25) is 0 Å². The van der Waals surface area contributed by atoms with E-state index in [0.717, 1.165) is 6.07 Å². The standard InChI is InChI=1S/C14H10F3N3/c15-14(16,17)12-4-2-1-3-11(12)13-19-7-10-6-5-9(18)8-20(10)13/h1-8H,18H2. The van der Waals surface area contributed by atoms with E-state index in [1.54, 1.807) is 28.8 Å². The summed E-state index contributed by atoms with van der Waals surface area (Å²) in [5.74, 6) is 0.222. The molecule has 0 saturated carbocycles. The minimum atomic E-state index is -4.43. The Morgan fingerprint density at radius 1 is 1.05 bits per heavy atom. The number of nitrogens with zero attached hydrogens (tertiary/aromatic N) is 2. The van der Waals surface area contributed by atoms with Gasteiger partial charge in [0, 0.05) is 17.4 Å². The molecule has 6 heteroatoms. The van der Waals surface area contributed by atoms with Crippen molar-refractivity contribution in [1.82, 2.24) is 9.38 Å². The SMILES string of the molecule is Nc1ccc2cnc(-c3ccccc3C(F)(F)F)n2c1. The lowest BCUT2D eigenvalue weighted by atomic mass is 10.1. The zero-order valence-electron chi connectivity index (χ0n) is 10.2. The summed E-state index contributed by atoms with van der Waals surface area (Å²) in [6, 6.07) is 8.75. The van der Waals surface area contributed by atoms with E-state index in [1.165, 1.54) is 18.3 Å². The summed E-state index contributed by atoms with van der Waals surface area (Å²) in [6.07, 6.45) is -1.35. The topological polar surface area (TPSA) is 43.3 Å². The first-order chi connectivity index (χ1) is 9.47. The highest BCUT2D eigenvalue weighted by Crippen LogP contribution is 2.36. The first kappa shape index (κ1) is 12.5. The smallest absolute Gasteiger partial charge is 0.398 e. The van der Waals surface area contributed by atoms with Crippen LogP contribution in [0.1, 0.15) is 5.56 Å². The maximum absolute atomic E-state index is 13.1. The number of rotatable bonds is 1. The normalized spacial score (nSPS) is 11.9. The first-order valence-electron chi connectivity index (χ1n) is 5.86. The largest absolute Gasteiger partial charge is 0.417 e. The molecule has 3 aromatic rings. The van der Waals surface area contributed by atoms with Crippen molar-refractivity contribution in [3.8, 4) is 11.4 Å². The van der Waals surface area contributed by atoms with E-state index in [4.69, 9.17) is 5.73 Å². The molecule has 0 aliphatic rings. The first-order valence-corrected chi connectivity index (χ1v) is 5.86. The van der Waals surface area contributed by atoms with Crippen molar-refractivity contribution >= 4 is 11.2 Å². The van der Waals surface area contributed by atoms with E-state index >= 15 is 0 Å². The molecule has 3 nitrogen and oxygen atoms in total. The molecule has 0 bridgehead atoms. The molecule has 102 valence electrons. The number of nitrogen functional groups attached to an aromatic ring is 1. The van der Waals surface area contributed by atoms with Crippen molar-refractivity contribution in [1.29, 1.82) is 0 Å². The van der Waals surface area contributed by atoms with E-state index in [1.807, 2.05) is 0 Å². The van der Waals surface area contributed by atoms with Crippen LogP contribution in [0.3, 0.4) is 0 Å². The second kappa shape index (κ2) is 4.26. The molecule has 0 saturated heterocycles. The van der Waals surface area contributed by atoms with Crippen molar-refractivity contribution in [3.05, 3.63) is 54.4 Å². The van der Waals surface area contributed by atoms with Crippen LogP contribution in [0.4, 0.5) is 18.9 Å². The molecule has 0 aliphatic carbocycles. The minimum absolute atomic E-state index is 0.0330. The van der Waals surface area contributed by atoms with Crippen molar-refractivity contribution in [3.63, 3.8) is 0 Å². The van der Waals surface area contributed by atoms with Crippen molar-refractivity contribution in [2.45, 2.75) is 6.18 Å². The molecule has 0 fully saturated rings. The molecule has 0 unspecified atom stereocenters. The Morgan fingerprint density at radius 2 is 1.80 bits per heavy atom. The highest BCUT2D eigenvalue weighted by atomic mass is 19.4. The fourth-order valence-corrected chi connectivity index (χ4v) is 2.13. The quantitative estimate of drug-likeness (QED) is 0.738. The molecule has 2 N–H and O–H groups in total. The van der Waals surface area contributed by atoms with Gasteiger partial charge in [0.15, 0.2) is 0 Å². The zero-order chi connectivity index (χ0) is 14.3. The Labute approximate surface area is 112 Å². The van der Waals surface area contributed by atoms with E-state index in [9.17, 15) is 13.2 Å². The van der Waals surface area contributed by atoms with Gasteiger partial charge in [-0.05, 0) is 18.2 Å². The van der Waals surface area contributed by atoms with Gasteiger partial charge in [-0.25, -0.2) is 4.98 Å². The fourth-order valence-electron chi connectivity index (χ4n) is 2.13. The molecular formula is C14H10F3N3. The predicted molar refractivity (Wildman–Crippen MR) is 70.0 cm³/mol. The minimum Gasteiger partial charge on any atom is -0.398 e. The molecule has 3 rings (SSSR count). The predicted octanol–water partition coefficient (Wildman–Crippen LogP) is 3.60. The number of imidazole rings is 1. The Hall–Kier alpha value is -2.50. The van der Waals surface area contributed by atoms with Crippen molar-refractivity contribution < 1.29 is 13.2 Å². The second-order valence-corrected chi connectivity index (χ2v) is 4.38. The lowest BCUT2D eigenvalue weighted by Crippen LogP contribution is -2.08. The second-order valence-electron chi connectivity index (χ2n) is 4.38. The molecule has 0 radical (unpaired) electrons. The van der Waals surface area contributed by atoms with Crippen LogP contribution in [0.5, 0.6) is 0 Å². The summed E-state index contributed by atoms with van der Waals surface area (Å²) in [5.41, 5.74) is 6.15. The molecule has 2 heterocycles. The Kier molecular flexibility index (Phi) is 2.67. The highest BCUT2D eigenvalue weighted by Gasteiger charge is 2.34. The number of pyridine rings is 1. The lowest BCUT2D eigenvalue weighted by molar-refractivity contribution is -0.137. The number of halogens is 3. The summed E-state index contributed by atoms with van der Waals surface area (Å²) >= 11 is 0. The van der Waals surface area contributed by atoms with Crippen LogP contribution in [0, 0.1) is 0 Å². The number of alkyl halides is 3. The van der Waals surface area contributed by atoms with E-state index < -0.39 is 11.7 Å². The monoisotopic (exact) mass is 277 g/mol. The van der Waals surface area contributed by atoms with Crippen molar-refractivity contribution in [2.75, 3.05) is 5.73 Å². The van der Waals surface area contributed by atoms with Gasteiger partial charge in [-0.15, -0.1) is 0 Å². The molecule has 0 atom stereocenters. The zero-order valence-corrected chi connectivity index (χ0v) is 10.2. The lowest BCUT2D eigenvalue weighted by Gasteiger charge is -2.12. The summed E-state index contributed by atoms with van der Waals surface area (Å²) < 4.78 is 40.7. The van der Waals surface area contributed by atoms with Gasteiger partial charge in [0.05, 0.1) is 17.3 Å². The molecular weight excluding hydrogens is 267 g/mol. The highest BCUT2D eigenvalue weighted by molar-refractivity contribution is 5.67. The molecule has 0 amide bonds. The third-order valence-corrected chi connectivity index (χ3v) is 3.02. The van der Waals surface area contributed by atoms with Gasteiger partial charge in [0.25, 0.3) is 0 Å². The van der Waals surface area contributed by atoms with Crippen LogP contribution in [0.25, 0.3) is 16.9 Å². The van der Waals surface area contributed by atoms with Gasteiger partial charge in [-0.3, -0.25) is 4.40 Å². The molecule has 0 aliphatic heterocycles. The average molecular weight is 277 g/mol. The summed E-state index contributed by atoms with van der Waals surface area (Å²) in [5, 5.41) is 0. The molecule has 0 spiro atoms. The molecule has 2 aromatic heterocycles. The number of nitrogens with two attached hydrogens (primary N) is 1. The van der Waals surface area contributed by atoms with Crippen LogP contribution in [0.15, 0.2) is 48.8 Å². The van der Waals surface area contributed by atoms with E-state index in [2.05, 4.69) is 4.98 Å². The Balaban J connectivity index is 2.29. The molecule has 20 heavy (non-hydrogen) atoms. The van der Waals surface area contributed by atoms with Gasteiger partial charge < -0.3 is 5.73 Å². The fraction of sp³-hybridized carbons (Fsp3) is 0.0714. The van der Waals surface area contributed by atoms with Gasteiger partial charge in [-0.2, -0.15) is 13.2 Å². The number of fused-ring (bicyclic) bond motifs is 1. The average Bonchev–Trinajstić information content (AvgIpc) is 2.80. The Bertz CT molecular complexity index is 775. The van der Waals surface area contributed by atoms with Crippen LogP contribution < -0.4 is 5.73 Å². The van der Waals surface area contributed by atoms with Crippen LogP contribution in [0.2, 0.25) is 0 Å². The molecule has 1 aromatic carbocycles. The number of benzene rings is 1. The van der Waals surface area contributed by atoms with Gasteiger partial charge in [-0.1, -0.05) is 18.2 Å². The van der Waals surface area contributed by atoms with Gasteiger partial charge >= 0.3 is 6.18 Å². The number of hydrogen-bond acceptors (Lipinski definition) is 2. The third kappa shape index (κ3) is 1.99. The van der Waals surface area contributed by atoms with E-state index in [-0.39, 0.29) is 11.4 Å². The van der Waals surface area contributed by atoms with Crippen molar-refractivity contribution in [2.24, 2.45) is 0 Å². The summed E-state index contributed by atoms with van der Waals surface area (Å²) in [7, 11) is 0. The van der Waals surface area contributed by atoms with Gasteiger partial charge in [0.1, 0.15) is 5.82 Å². The Morgan fingerprint density at radius 3 is 2.55 bits per heavy atom. The van der Waals surface area contributed by atoms with Crippen LogP contribution in [-0.4, -0.2) is 9.38 Å². The number of aromatic nitrogens is 2. The summed E-state index contributed by atoms with van der Waals surface area (Å²) in [4.78, 5) is 4.09. The third-order valence-electron chi connectivity index (χ3n) is 3.02. The number of anilines is 1. The summed E-state index contributed by atoms with van der Waals surface area (Å²) in [6.45, 7) is 0. The van der Waals surface area contributed by atoms with E-state index in [0.29, 0.717) is 11.2 Å². The maximum Gasteiger partial charge on any atom is 0.417 e. The van der Waals surface area contributed by atoms with Crippen LogP contribution >= 0.6 is 0 Å². The maximum atomic E-state index is 13.1.